The lowest BCUT2D eigenvalue weighted by Crippen LogP contribution is -2.32. The first-order valence-corrected chi connectivity index (χ1v) is 14.4. The molecule has 39 heavy (non-hydrogen) atoms. The van der Waals surface area contributed by atoms with Gasteiger partial charge in [-0.05, 0) is 48.6 Å². The maximum absolute atomic E-state index is 13.7. The van der Waals surface area contributed by atoms with Gasteiger partial charge in [-0.25, -0.2) is 13.4 Å². The number of nitrogens with zero attached hydrogens (tertiary/aromatic N) is 5. The molecule has 3 aromatic heterocycles. The highest BCUT2D eigenvalue weighted by Crippen LogP contribution is 2.31. The second-order valence-corrected chi connectivity index (χ2v) is 12.2. The van der Waals surface area contributed by atoms with Crippen molar-refractivity contribution in [2.75, 3.05) is 7.05 Å². The van der Waals surface area contributed by atoms with Gasteiger partial charge in [-0.2, -0.15) is 9.29 Å². The fourth-order valence-electron chi connectivity index (χ4n) is 4.65. The molecule has 5 aromatic rings. The summed E-state index contributed by atoms with van der Waals surface area (Å²) in [7, 11) is -2.26. The zero-order valence-corrected chi connectivity index (χ0v) is 23.3. The van der Waals surface area contributed by atoms with Crippen molar-refractivity contribution in [1.29, 1.82) is 0 Å². The van der Waals surface area contributed by atoms with Crippen LogP contribution in [0, 0.1) is 12.8 Å². The number of sulfonamides is 1. The molecule has 1 atom stereocenters. The van der Waals surface area contributed by atoms with E-state index >= 15 is 0 Å². The Labute approximate surface area is 228 Å². The molecule has 3 heterocycles. The lowest BCUT2D eigenvalue weighted by atomic mass is 10.0. The predicted octanol–water partition coefficient (Wildman–Crippen LogP) is 5.24. The van der Waals surface area contributed by atoms with Crippen molar-refractivity contribution in [3.05, 3.63) is 101 Å². The van der Waals surface area contributed by atoms with Crippen LogP contribution in [0.1, 0.15) is 60.7 Å². The minimum atomic E-state index is -3.83. The van der Waals surface area contributed by atoms with Gasteiger partial charge in [0.05, 0.1) is 16.1 Å². The van der Waals surface area contributed by atoms with Crippen molar-refractivity contribution >= 4 is 21.1 Å². The van der Waals surface area contributed by atoms with Crippen LogP contribution in [0.5, 0.6) is 0 Å². The highest BCUT2D eigenvalue weighted by atomic mass is 32.2. The van der Waals surface area contributed by atoms with E-state index in [-0.39, 0.29) is 10.8 Å². The Morgan fingerprint density at radius 2 is 1.67 bits per heavy atom. The van der Waals surface area contributed by atoms with Gasteiger partial charge in [-0.1, -0.05) is 61.5 Å². The van der Waals surface area contributed by atoms with Crippen LogP contribution in [0.3, 0.4) is 0 Å². The number of aryl methyl sites for hydroxylation is 1. The Bertz CT molecular complexity index is 1660. The Kier molecular flexibility index (Phi) is 7.58. The first-order valence-electron chi connectivity index (χ1n) is 12.9. The minimum Gasteiger partial charge on any atom is -0.342 e. The monoisotopic (exact) mass is 544 g/mol. The molecule has 0 saturated carbocycles. The molecule has 0 fully saturated rings. The minimum absolute atomic E-state index is 0.202. The number of hydrogen-bond donors (Lipinski definition) is 1. The lowest BCUT2D eigenvalue weighted by Gasteiger charge is -2.26. The molecule has 5 rings (SSSR count). The first-order chi connectivity index (χ1) is 18.7. The Morgan fingerprint density at radius 3 is 2.38 bits per heavy atom. The quantitative estimate of drug-likeness (QED) is 0.255. The van der Waals surface area contributed by atoms with Gasteiger partial charge in [-0.3, -0.25) is 4.98 Å². The van der Waals surface area contributed by atoms with E-state index in [0.29, 0.717) is 31.0 Å². The topological polar surface area (TPSA) is 118 Å². The normalized spacial score (nSPS) is 13.0. The largest absolute Gasteiger partial charge is 0.342 e. The van der Waals surface area contributed by atoms with Gasteiger partial charge in [0.2, 0.25) is 15.9 Å². The molecule has 0 aliphatic carbocycles. The van der Waals surface area contributed by atoms with E-state index in [0.717, 1.165) is 33.7 Å². The van der Waals surface area contributed by atoms with Crippen LogP contribution in [0.2, 0.25) is 0 Å². The average Bonchev–Trinajstić information content (AvgIpc) is 3.54. The van der Waals surface area contributed by atoms with Crippen molar-refractivity contribution in [3.8, 4) is 0 Å². The average molecular weight is 545 g/mol. The number of fused-ring (bicyclic) bond motifs is 1. The third-order valence-electron chi connectivity index (χ3n) is 6.67. The van der Waals surface area contributed by atoms with E-state index in [4.69, 9.17) is 4.52 Å². The summed E-state index contributed by atoms with van der Waals surface area (Å²) in [6.07, 6.45) is 3.34. The number of rotatable bonds is 10. The molecule has 1 N–H and O–H groups in total. The van der Waals surface area contributed by atoms with Gasteiger partial charge in [0.1, 0.15) is 17.4 Å². The number of H-pyrrole nitrogens is 1. The van der Waals surface area contributed by atoms with Crippen LogP contribution in [0.4, 0.5) is 0 Å². The molecule has 0 saturated heterocycles. The SMILES string of the molecule is Cc1nc2c(Cc3ccc(S(=O)(=O)N(C)C(CC(C)C)c4nc(Cc5ccccc5)no4)cc3)nccc2[nH]1. The molecular formula is C29H32N6O3S. The highest BCUT2D eigenvalue weighted by molar-refractivity contribution is 7.89. The second-order valence-electron chi connectivity index (χ2n) is 10.2. The fraction of sp³-hybridized carbons (Fsp3) is 0.310. The summed E-state index contributed by atoms with van der Waals surface area (Å²) in [5, 5.41) is 4.13. The van der Waals surface area contributed by atoms with Crippen molar-refractivity contribution in [1.82, 2.24) is 29.4 Å². The maximum Gasteiger partial charge on any atom is 0.245 e. The van der Waals surface area contributed by atoms with Crippen molar-refractivity contribution in [2.45, 2.75) is 51.0 Å². The summed E-state index contributed by atoms with van der Waals surface area (Å²) in [5.74, 6) is 1.86. The van der Waals surface area contributed by atoms with Crippen LogP contribution < -0.4 is 0 Å². The van der Waals surface area contributed by atoms with E-state index in [1.54, 1.807) is 25.4 Å². The predicted molar refractivity (Wildman–Crippen MR) is 149 cm³/mol. The molecule has 10 heteroatoms. The molecule has 0 spiro atoms. The molecule has 0 radical (unpaired) electrons. The van der Waals surface area contributed by atoms with Crippen molar-refractivity contribution < 1.29 is 12.9 Å². The summed E-state index contributed by atoms with van der Waals surface area (Å²) < 4.78 is 34.3. The molecule has 0 bridgehead atoms. The summed E-state index contributed by atoms with van der Waals surface area (Å²) in [4.78, 5) is 17.0. The van der Waals surface area contributed by atoms with Gasteiger partial charge in [0.25, 0.3) is 0 Å². The number of aromatic nitrogens is 5. The van der Waals surface area contributed by atoms with Crippen LogP contribution >= 0.6 is 0 Å². The van der Waals surface area contributed by atoms with Gasteiger partial charge in [-0.15, -0.1) is 0 Å². The lowest BCUT2D eigenvalue weighted by molar-refractivity contribution is 0.247. The van der Waals surface area contributed by atoms with E-state index in [9.17, 15) is 8.42 Å². The van der Waals surface area contributed by atoms with E-state index in [1.165, 1.54) is 4.31 Å². The van der Waals surface area contributed by atoms with Crippen LogP contribution in [0.25, 0.3) is 11.0 Å². The van der Waals surface area contributed by atoms with Crippen LogP contribution in [-0.4, -0.2) is 44.9 Å². The molecule has 1 unspecified atom stereocenters. The summed E-state index contributed by atoms with van der Waals surface area (Å²) >= 11 is 0. The number of pyridine rings is 1. The molecule has 0 amide bonds. The second kappa shape index (κ2) is 11.1. The molecule has 0 aliphatic rings. The van der Waals surface area contributed by atoms with Gasteiger partial charge in [0.15, 0.2) is 5.82 Å². The zero-order valence-electron chi connectivity index (χ0n) is 22.5. The van der Waals surface area contributed by atoms with Gasteiger partial charge >= 0.3 is 0 Å². The highest BCUT2D eigenvalue weighted by Gasteiger charge is 2.33. The number of aromatic amines is 1. The third-order valence-corrected chi connectivity index (χ3v) is 8.56. The molecule has 0 aliphatic heterocycles. The zero-order chi connectivity index (χ0) is 27.6. The van der Waals surface area contributed by atoms with Gasteiger partial charge in [0, 0.05) is 26.1 Å². The standard InChI is InChI=1S/C29H32N6O3S/c1-19(2)16-26(29-33-27(34-38-29)18-21-8-6-5-7-9-21)35(4)39(36,37)23-12-10-22(11-13-23)17-25-28-24(14-15-30-25)31-20(3)32-28/h5-15,19,26H,16-18H2,1-4H3,(H,31,32). The molecule has 2 aromatic carbocycles. The molecule has 202 valence electrons. The van der Waals surface area contributed by atoms with E-state index < -0.39 is 16.1 Å². The smallest absolute Gasteiger partial charge is 0.245 e. The fourth-order valence-corrected chi connectivity index (χ4v) is 5.98. The molecule has 9 nitrogen and oxygen atoms in total. The number of nitrogens with one attached hydrogen (secondary N) is 1. The van der Waals surface area contributed by atoms with E-state index in [1.807, 2.05) is 69.3 Å². The van der Waals surface area contributed by atoms with Crippen LogP contribution in [-0.2, 0) is 22.9 Å². The summed E-state index contributed by atoms with van der Waals surface area (Å²) in [5.41, 5.74) is 4.60. The Morgan fingerprint density at radius 1 is 0.949 bits per heavy atom. The Balaban J connectivity index is 1.36. The van der Waals surface area contributed by atoms with Gasteiger partial charge < -0.3 is 9.51 Å². The Hall–Kier alpha value is -3.89. The van der Waals surface area contributed by atoms with Crippen LogP contribution in [0.15, 0.2) is 76.3 Å². The maximum atomic E-state index is 13.7. The number of hydrogen-bond acceptors (Lipinski definition) is 7. The van der Waals surface area contributed by atoms with Crippen molar-refractivity contribution in [3.63, 3.8) is 0 Å². The third kappa shape index (κ3) is 5.91. The van der Waals surface area contributed by atoms with Crippen molar-refractivity contribution in [2.24, 2.45) is 5.92 Å². The number of imidazole rings is 1. The summed E-state index contributed by atoms with van der Waals surface area (Å²) in [6.45, 7) is 5.99. The van der Waals surface area contributed by atoms with E-state index in [2.05, 4.69) is 25.1 Å². The summed E-state index contributed by atoms with van der Waals surface area (Å²) in [6, 6.07) is 18.1. The first kappa shape index (κ1) is 26.7. The molecular weight excluding hydrogens is 512 g/mol. The number of benzene rings is 2.